The van der Waals surface area contributed by atoms with Crippen molar-refractivity contribution in [3.8, 4) is 6.07 Å². The van der Waals surface area contributed by atoms with Crippen molar-refractivity contribution in [2.75, 3.05) is 0 Å². The minimum atomic E-state index is -0.981. The van der Waals surface area contributed by atoms with Gasteiger partial charge in [-0.1, -0.05) is 59.1 Å². The molecule has 9 heteroatoms. The van der Waals surface area contributed by atoms with E-state index < -0.39 is 47.9 Å². The Morgan fingerprint density at radius 3 is 2.43 bits per heavy atom. The first kappa shape index (κ1) is 29.8. The molecule has 2 rings (SSSR count). The summed E-state index contributed by atoms with van der Waals surface area (Å²) in [5.74, 6) is -2.34. The van der Waals surface area contributed by atoms with Gasteiger partial charge in [0.2, 0.25) is 17.7 Å². The number of hydrogen-bond donors (Lipinski definition) is 3. The van der Waals surface area contributed by atoms with Gasteiger partial charge in [0.15, 0.2) is 0 Å². The van der Waals surface area contributed by atoms with Gasteiger partial charge >= 0.3 is 5.97 Å². The highest BCUT2D eigenvalue weighted by Crippen LogP contribution is 2.21. The zero-order valence-electron chi connectivity index (χ0n) is 22.5. The van der Waals surface area contributed by atoms with Crippen LogP contribution in [0.2, 0.25) is 0 Å². The van der Waals surface area contributed by atoms with Gasteiger partial charge in [-0.25, -0.2) is 4.79 Å². The lowest BCUT2D eigenvalue weighted by atomic mass is 9.94. The van der Waals surface area contributed by atoms with E-state index in [1.54, 1.807) is 24.3 Å². The largest absolute Gasteiger partial charge is 0.460 e. The average molecular weight is 513 g/mol. The Balaban J connectivity index is 2.40. The first-order chi connectivity index (χ1) is 17.6. The Labute approximate surface area is 219 Å². The summed E-state index contributed by atoms with van der Waals surface area (Å²) in [6.07, 6.45) is 2.60. The SMILES string of the molecule is CCCC[C@H](C)[C@H]1CC(=O)N[C@H](Cc2cccc(C#N)c2)C(=O)N[C@@H](C)C(=O)N[C@H]([C@@H](C)CC)C(=O)O1. The van der Waals surface area contributed by atoms with Gasteiger partial charge in [0.05, 0.1) is 18.1 Å². The molecule has 1 fully saturated rings. The van der Waals surface area contributed by atoms with Crippen molar-refractivity contribution >= 4 is 23.7 Å². The molecule has 0 aliphatic carbocycles. The average Bonchev–Trinajstić information content (AvgIpc) is 2.88. The van der Waals surface area contributed by atoms with E-state index in [9.17, 15) is 24.4 Å². The molecule has 0 bridgehead atoms. The lowest BCUT2D eigenvalue weighted by Gasteiger charge is -2.29. The molecule has 9 nitrogen and oxygen atoms in total. The molecule has 1 saturated heterocycles. The van der Waals surface area contributed by atoms with Crippen molar-refractivity contribution < 1.29 is 23.9 Å². The normalized spacial score (nSPS) is 25.1. The van der Waals surface area contributed by atoms with Crippen LogP contribution in [0.25, 0.3) is 0 Å². The molecule has 6 atom stereocenters. The van der Waals surface area contributed by atoms with E-state index in [2.05, 4.69) is 28.9 Å². The van der Waals surface area contributed by atoms with Crippen LogP contribution in [0.1, 0.15) is 77.8 Å². The number of hydrogen-bond acceptors (Lipinski definition) is 6. The molecule has 0 unspecified atom stereocenters. The van der Waals surface area contributed by atoms with E-state index in [0.29, 0.717) is 17.5 Å². The zero-order chi connectivity index (χ0) is 27.5. The van der Waals surface area contributed by atoms with E-state index in [1.165, 1.54) is 6.92 Å². The van der Waals surface area contributed by atoms with Crippen molar-refractivity contribution in [2.45, 2.75) is 97.4 Å². The first-order valence-corrected chi connectivity index (χ1v) is 13.2. The molecular weight excluding hydrogens is 472 g/mol. The Hall–Kier alpha value is -3.41. The Morgan fingerprint density at radius 2 is 1.78 bits per heavy atom. The van der Waals surface area contributed by atoms with E-state index in [0.717, 1.165) is 19.3 Å². The summed E-state index contributed by atoms with van der Waals surface area (Å²) in [5, 5.41) is 17.4. The molecule has 1 aliphatic rings. The Kier molecular flexibility index (Phi) is 11.6. The van der Waals surface area contributed by atoms with Crippen molar-refractivity contribution in [1.29, 1.82) is 5.26 Å². The molecule has 37 heavy (non-hydrogen) atoms. The van der Waals surface area contributed by atoms with Crippen LogP contribution < -0.4 is 16.0 Å². The molecule has 1 aromatic rings. The fourth-order valence-corrected chi connectivity index (χ4v) is 4.27. The van der Waals surface area contributed by atoms with Crippen molar-refractivity contribution in [3.05, 3.63) is 35.4 Å². The van der Waals surface area contributed by atoms with Gasteiger partial charge < -0.3 is 20.7 Å². The van der Waals surface area contributed by atoms with Crippen LogP contribution in [-0.2, 0) is 30.3 Å². The topological polar surface area (TPSA) is 137 Å². The maximum absolute atomic E-state index is 13.2. The van der Waals surface area contributed by atoms with Crippen LogP contribution in [0.4, 0.5) is 0 Å². The van der Waals surface area contributed by atoms with Crippen molar-refractivity contribution in [2.24, 2.45) is 11.8 Å². The molecule has 3 amide bonds. The van der Waals surface area contributed by atoms with E-state index >= 15 is 0 Å². The molecule has 1 aliphatic heterocycles. The predicted molar refractivity (Wildman–Crippen MR) is 139 cm³/mol. The maximum Gasteiger partial charge on any atom is 0.329 e. The number of amides is 3. The second-order valence-electron chi connectivity index (χ2n) is 10.0. The number of unbranched alkanes of at least 4 members (excludes halogenated alkanes) is 1. The molecular formula is C28H40N4O5. The highest BCUT2D eigenvalue weighted by molar-refractivity contribution is 5.94. The van der Waals surface area contributed by atoms with Gasteiger partial charge in [-0.05, 0) is 42.9 Å². The molecule has 0 aromatic heterocycles. The quantitative estimate of drug-likeness (QED) is 0.458. The van der Waals surface area contributed by atoms with E-state index in [1.807, 2.05) is 20.8 Å². The summed E-state index contributed by atoms with van der Waals surface area (Å²) < 4.78 is 5.87. The first-order valence-electron chi connectivity index (χ1n) is 13.2. The lowest BCUT2D eigenvalue weighted by Crippen LogP contribution is -2.55. The highest BCUT2D eigenvalue weighted by Gasteiger charge is 2.35. The van der Waals surface area contributed by atoms with Crippen molar-refractivity contribution in [3.63, 3.8) is 0 Å². The summed E-state index contributed by atoms with van der Waals surface area (Å²) in [6.45, 7) is 9.29. The second kappa shape index (κ2) is 14.4. The number of cyclic esters (lactones) is 1. The molecule has 0 radical (unpaired) electrons. The van der Waals surface area contributed by atoms with Crippen molar-refractivity contribution in [1.82, 2.24) is 16.0 Å². The van der Waals surface area contributed by atoms with Gasteiger partial charge in [-0.3, -0.25) is 14.4 Å². The molecule has 202 valence electrons. The summed E-state index contributed by atoms with van der Waals surface area (Å²) in [5.41, 5.74) is 1.13. The Bertz CT molecular complexity index is 1000. The van der Waals surface area contributed by atoms with Crippen LogP contribution in [0.3, 0.4) is 0 Å². The van der Waals surface area contributed by atoms with Crippen LogP contribution in [0.15, 0.2) is 24.3 Å². The van der Waals surface area contributed by atoms with Crippen LogP contribution in [0.5, 0.6) is 0 Å². The second-order valence-corrected chi connectivity index (χ2v) is 10.0. The number of carbonyl (C=O) groups excluding carboxylic acids is 4. The smallest absolute Gasteiger partial charge is 0.329 e. The number of esters is 1. The van der Waals surface area contributed by atoms with Gasteiger partial charge in [-0.2, -0.15) is 5.26 Å². The monoisotopic (exact) mass is 512 g/mol. The molecule has 3 N–H and O–H groups in total. The third kappa shape index (κ3) is 8.88. The van der Waals surface area contributed by atoms with Crippen LogP contribution in [-0.4, -0.2) is 47.9 Å². The number of rotatable bonds is 8. The minimum Gasteiger partial charge on any atom is -0.460 e. The fourth-order valence-electron chi connectivity index (χ4n) is 4.27. The van der Waals surface area contributed by atoms with E-state index in [4.69, 9.17) is 4.74 Å². The maximum atomic E-state index is 13.2. The summed E-state index contributed by atoms with van der Waals surface area (Å²) >= 11 is 0. The van der Waals surface area contributed by atoms with Gasteiger partial charge in [0, 0.05) is 6.42 Å². The zero-order valence-corrected chi connectivity index (χ0v) is 22.5. The minimum absolute atomic E-state index is 0.0911. The number of benzene rings is 1. The van der Waals surface area contributed by atoms with Gasteiger partial charge in [0.1, 0.15) is 24.2 Å². The summed E-state index contributed by atoms with van der Waals surface area (Å²) in [6, 6.07) is 6.04. The van der Waals surface area contributed by atoms with E-state index in [-0.39, 0.29) is 24.7 Å². The van der Waals surface area contributed by atoms with Gasteiger partial charge in [0.25, 0.3) is 0 Å². The molecule has 1 heterocycles. The number of nitrogens with zero attached hydrogens (tertiary/aromatic N) is 1. The van der Waals surface area contributed by atoms with Gasteiger partial charge in [-0.15, -0.1) is 0 Å². The Morgan fingerprint density at radius 1 is 1.05 bits per heavy atom. The standard InChI is InChI=1S/C28H40N4O5/c1-6-8-10-18(4)23-15-24(33)31-22(14-20-11-9-12-21(13-20)16-29)27(35)30-19(5)26(34)32-25(17(3)7-2)28(36)37-23/h9,11-13,17-19,22-23,25H,6-8,10,14-15H2,1-5H3,(H,30,35)(H,31,33)(H,32,34)/t17-,18-,19-,22+,23+,25+/m0/s1. The van der Waals surface area contributed by atoms with Crippen LogP contribution >= 0.6 is 0 Å². The summed E-state index contributed by atoms with van der Waals surface area (Å²) in [4.78, 5) is 52.5. The highest BCUT2D eigenvalue weighted by atomic mass is 16.5. The number of ether oxygens (including phenoxy) is 1. The lowest BCUT2D eigenvalue weighted by molar-refractivity contribution is -0.158. The molecule has 0 saturated carbocycles. The summed E-state index contributed by atoms with van der Waals surface area (Å²) in [7, 11) is 0. The fraction of sp³-hybridized carbons (Fsp3) is 0.607. The third-order valence-corrected chi connectivity index (χ3v) is 6.97. The third-order valence-electron chi connectivity index (χ3n) is 6.97. The molecule has 1 aromatic carbocycles. The predicted octanol–water partition coefficient (Wildman–Crippen LogP) is 2.76. The number of nitriles is 1. The van der Waals surface area contributed by atoms with Crippen LogP contribution in [0, 0.1) is 23.2 Å². The number of nitrogens with one attached hydrogen (secondary N) is 3. The number of carbonyl (C=O) groups is 4. The molecule has 0 spiro atoms.